The maximum atomic E-state index is 13.6. The number of benzene rings is 2. The summed E-state index contributed by atoms with van der Waals surface area (Å²) in [6.07, 6.45) is 1.99. The summed E-state index contributed by atoms with van der Waals surface area (Å²) in [4.78, 5) is 13.0. The van der Waals surface area contributed by atoms with Crippen LogP contribution in [0.25, 0.3) is 5.69 Å². The van der Waals surface area contributed by atoms with Crippen LogP contribution in [-0.2, 0) is 20.6 Å². The Morgan fingerprint density at radius 2 is 1.90 bits per heavy atom. The fraction of sp³-hybridized carbons (Fsp3) is 0.483. The van der Waals surface area contributed by atoms with E-state index in [1.54, 1.807) is 6.92 Å². The van der Waals surface area contributed by atoms with Gasteiger partial charge < -0.3 is 0 Å². The van der Waals surface area contributed by atoms with Gasteiger partial charge in [-0.3, -0.25) is 9.36 Å². The average molecular weight is 587 g/mol. The third kappa shape index (κ3) is 5.07. The topological polar surface area (TPSA) is 94.0 Å². The zero-order valence-corrected chi connectivity index (χ0v) is 25.4. The van der Waals surface area contributed by atoms with E-state index in [1.165, 1.54) is 22.9 Å². The van der Waals surface area contributed by atoms with E-state index >= 15 is 0 Å². The molecule has 2 fully saturated rings. The van der Waals surface area contributed by atoms with E-state index < -0.39 is 21.5 Å². The first-order valence-corrected chi connectivity index (χ1v) is 16.3. The maximum absolute atomic E-state index is 13.6. The number of halogens is 1. The SMILES string of the molecule is Cc1ccccc1CSc1nnc(C(C)NS(=O)(=O)CC23CCC(CC2=O)C3(C)C)n1-c1cc(Cl)ccc1C. The summed E-state index contributed by atoms with van der Waals surface area (Å²) < 4.78 is 31.9. The number of carbonyl (C=O) groups excluding carboxylic acids is 1. The number of nitrogens with one attached hydrogen (secondary N) is 1. The molecule has 1 aromatic heterocycles. The van der Waals surface area contributed by atoms with Crippen LogP contribution in [0.1, 0.15) is 68.6 Å². The van der Waals surface area contributed by atoms with Gasteiger partial charge in [-0.15, -0.1) is 10.2 Å². The van der Waals surface area contributed by atoms with Crippen molar-refractivity contribution in [2.45, 2.75) is 70.8 Å². The Kier molecular flexibility index (Phi) is 7.50. The summed E-state index contributed by atoms with van der Waals surface area (Å²) in [5.41, 5.74) is 2.96. The van der Waals surface area contributed by atoms with Gasteiger partial charge in [-0.25, -0.2) is 13.1 Å². The molecule has 2 saturated carbocycles. The molecule has 1 heterocycles. The van der Waals surface area contributed by atoms with E-state index in [4.69, 9.17) is 11.6 Å². The molecule has 39 heavy (non-hydrogen) atoms. The number of hydrogen-bond acceptors (Lipinski definition) is 6. The van der Waals surface area contributed by atoms with Gasteiger partial charge in [0.15, 0.2) is 11.0 Å². The molecule has 1 N–H and O–H groups in total. The predicted molar refractivity (Wildman–Crippen MR) is 156 cm³/mol. The van der Waals surface area contributed by atoms with Crippen LogP contribution in [0.5, 0.6) is 0 Å². The van der Waals surface area contributed by atoms with Crippen molar-refractivity contribution >= 4 is 39.2 Å². The Hall–Kier alpha value is -2.20. The highest BCUT2D eigenvalue weighted by Gasteiger charge is 2.65. The summed E-state index contributed by atoms with van der Waals surface area (Å²) in [7, 11) is -3.81. The Labute approximate surface area is 240 Å². The minimum Gasteiger partial charge on any atom is -0.299 e. The van der Waals surface area contributed by atoms with E-state index in [1.807, 2.05) is 55.7 Å². The van der Waals surface area contributed by atoms with Gasteiger partial charge in [0.2, 0.25) is 10.0 Å². The van der Waals surface area contributed by atoms with Crippen molar-refractivity contribution in [1.29, 1.82) is 0 Å². The number of fused-ring (bicyclic) bond motifs is 2. The van der Waals surface area contributed by atoms with Gasteiger partial charge in [0, 0.05) is 22.6 Å². The molecule has 2 aliphatic carbocycles. The number of carbonyl (C=O) groups is 1. The number of nitrogens with zero attached hydrogens (tertiary/aromatic N) is 3. The second-order valence-electron chi connectivity index (χ2n) is 11.6. The van der Waals surface area contributed by atoms with Crippen molar-refractivity contribution in [1.82, 2.24) is 19.5 Å². The van der Waals surface area contributed by atoms with Crippen molar-refractivity contribution < 1.29 is 13.2 Å². The van der Waals surface area contributed by atoms with Crippen LogP contribution < -0.4 is 4.72 Å². The number of aromatic nitrogens is 3. The highest BCUT2D eigenvalue weighted by molar-refractivity contribution is 7.98. The predicted octanol–water partition coefficient (Wildman–Crippen LogP) is 6.21. The van der Waals surface area contributed by atoms with Gasteiger partial charge in [-0.2, -0.15) is 0 Å². The lowest BCUT2D eigenvalue weighted by atomic mass is 9.70. The van der Waals surface area contributed by atoms with Gasteiger partial charge in [0.1, 0.15) is 5.78 Å². The molecule has 0 spiro atoms. The lowest BCUT2D eigenvalue weighted by Gasteiger charge is -2.36. The first-order chi connectivity index (χ1) is 18.3. The Bertz CT molecular complexity index is 1530. The van der Waals surface area contributed by atoms with Crippen LogP contribution in [0, 0.1) is 30.6 Å². The molecule has 3 atom stereocenters. The summed E-state index contributed by atoms with van der Waals surface area (Å²) >= 11 is 7.92. The second kappa shape index (κ2) is 10.3. The van der Waals surface area contributed by atoms with Crippen LogP contribution >= 0.6 is 23.4 Å². The summed E-state index contributed by atoms with van der Waals surface area (Å²) in [6.45, 7) is 9.91. The molecule has 7 nitrogen and oxygen atoms in total. The van der Waals surface area contributed by atoms with E-state index in [0.29, 0.717) is 34.6 Å². The van der Waals surface area contributed by atoms with Gasteiger partial charge in [-0.05, 0) is 73.8 Å². The Morgan fingerprint density at radius 1 is 1.15 bits per heavy atom. The molecule has 3 aromatic rings. The number of Topliss-reactive ketones (excluding diaryl/α,β-unsaturated/α-hetero) is 1. The summed E-state index contributed by atoms with van der Waals surface area (Å²) in [5, 5.41) is 10.1. The zero-order valence-electron chi connectivity index (χ0n) is 23.0. The van der Waals surface area contributed by atoms with E-state index in [2.05, 4.69) is 34.0 Å². The molecule has 5 rings (SSSR count). The molecule has 0 radical (unpaired) electrons. The Morgan fingerprint density at radius 3 is 2.56 bits per heavy atom. The van der Waals surface area contributed by atoms with Crippen LogP contribution in [-0.4, -0.2) is 34.7 Å². The normalized spacial score (nSPS) is 22.9. The van der Waals surface area contributed by atoms with Gasteiger partial charge in [0.05, 0.1) is 17.5 Å². The van der Waals surface area contributed by atoms with Crippen molar-refractivity contribution in [2.24, 2.45) is 16.7 Å². The molecular formula is C29H35ClN4O3S2. The maximum Gasteiger partial charge on any atom is 0.213 e. The molecular weight excluding hydrogens is 552 g/mol. The van der Waals surface area contributed by atoms with E-state index in [-0.39, 0.29) is 22.9 Å². The number of ketones is 1. The third-order valence-corrected chi connectivity index (χ3v) is 11.8. The number of rotatable bonds is 9. The van der Waals surface area contributed by atoms with E-state index in [0.717, 1.165) is 17.7 Å². The lowest BCUT2D eigenvalue weighted by molar-refractivity contribution is -0.128. The van der Waals surface area contributed by atoms with Crippen molar-refractivity contribution in [3.8, 4) is 5.69 Å². The first-order valence-electron chi connectivity index (χ1n) is 13.3. The quantitative estimate of drug-likeness (QED) is 0.300. The standard InChI is InChI=1S/C29H35ClN4O3S2/c1-18-8-6-7-9-21(18)16-38-27-32-31-26(34(27)24-15-23(30)11-10-19(24)2)20(3)33-39(36,37)17-29-13-12-22(14-25(29)35)28(29,4)5/h6-11,15,20,22,33H,12-14,16-17H2,1-5H3. The molecule has 0 aliphatic heterocycles. The highest BCUT2D eigenvalue weighted by atomic mass is 35.5. The number of aryl methyl sites for hydroxylation is 2. The fourth-order valence-electron chi connectivity index (χ4n) is 6.42. The third-order valence-electron chi connectivity index (χ3n) is 9.01. The van der Waals surface area contributed by atoms with Gasteiger partial charge in [0.25, 0.3) is 0 Å². The second-order valence-corrected chi connectivity index (χ2v) is 14.7. The first kappa shape index (κ1) is 28.3. The fourth-order valence-corrected chi connectivity index (χ4v) is 9.66. The largest absolute Gasteiger partial charge is 0.299 e. The monoisotopic (exact) mass is 586 g/mol. The summed E-state index contributed by atoms with van der Waals surface area (Å²) in [6, 6.07) is 13.1. The molecule has 10 heteroatoms. The molecule has 2 aromatic carbocycles. The number of hydrogen-bond donors (Lipinski definition) is 1. The minimum absolute atomic E-state index is 0.0781. The lowest BCUT2D eigenvalue weighted by Crippen LogP contribution is -2.45. The zero-order chi connectivity index (χ0) is 28.2. The number of thioether (sulfide) groups is 1. The van der Waals surface area contributed by atoms with Crippen molar-refractivity contribution in [3.05, 3.63) is 70.0 Å². The highest BCUT2D eigenvalue weighted by Crippen LogP contribution is 2.64. The minimum atomic E-state index is -3.81. The molecule has 208 valence electrons. The molecule has 2 bridgehead atoms. The molecule has 3 unspecified atom stereocenters. The van der Waals surface area contributed by atoms with Crippen LogP contribution in [0.15, 0.2) is 47.6 Å². The van der Waals surface area contributed by atoms with Crippen LogP contribution in [0.4, 0.5) is 0 Å². The smallest absolute Gasteiger partial charge is 0.213 e. The van der Waals surface area contributed by atoms with Crippen molar-refractivity contribution in [3.63, 3.8) is 0 Å². The summed E-state index contributed by atoms with van der Waals surface area (Å²) in [5.74, 6) is 1.28. The average Bonchev–Trinajstić information content (AvgIpc) is 3.44. The Balaban J connectivity index is 1.46. The van der Waals surface area contributed by atoms with Gasteiger partial charge >= 0.3 is 0 Å². The van der Waals surface area contributed by atoms with Crippen LogP contribution in [0.3, 0.4) is 0 Å². The van der Waals surface area contributed by atoms with Gasteiger partial charge in [-0.1, -0.05) is 67.5 Å². The molecule has 2 aliphatic rings. The van der Waals surface area contributed by atoms with E-state index in [9.17, 15) is 13.2 Å². The molecule has 0 amide bonds. The van der Waals surface area contributed by atoms with Crippen molar-refractivity contribution in [2.75, 3.05) is 5.75 Å². The van der Waals surface area contributed by atoms with Crippen LogP contribution in [0.2, 0.25) is 5.02 Å². The molecule has 0 saturated heterocycles. The number of sulfonamides is 1.